The Balaban J connectivity index is 1.65. The number of amides is 2. The molecule has 2 N–H and O–H groups in total. The first-order chi connectivity index (χ1) is 16.5. The van der Waals surface area contributed by atoms with E-state index >= 15 is 0 Å². The molecule has 1 aliphatic rings. The molecule has 0 unspecified atom stereocenters. The van der Waals surface area contributed by atoms with Gasteiger partial charge in [0.2, 0.25) is 12.3 Å². The zero-order chi connectivity index (χ0) is 24.1. The van der Waals surface area contributed by atoms with Gasteiger partial charge >= 0.3 is 5.91 Å². The fraction of sp³-hybridized carbons (Fsp3) is 0.250. The molecule has 0 radical (unpaired) electrons. The third-order valence-electron chi connectivity index (χ3n) is 6.15. The van der Waals surface area contributed by atoms with E-state index < -0.39 is 6.04 Å². The van der Waals surface area contributed by atoms with Gasteiger partial charge in [-0.2, -0.15) is 0 Å². The van der Waals surface area contributed by atoms with Crippen LogP contribution in [0.4, 0.5) is 5.69 Å². The highest BCUT2D eigenvalue weighted by Gasteiger charge is 2.47. The molecular formula is C28H31N4O2+. The van der Waals surface area contributed by atoms with Crippen molar-refractivity contribution in [1.82, 2.24) is 10.7 Å². The summed E-state index contributed by atoms with van der Waals surface area (Å²) >= 11 is 0. The van der Waals surface area contributed by atoms with E-state index in [2.05, 4.69) is 41.6 Å². The minimum Gasteiger partial charge on any atom is -0.372 e. The highest BCUT2D eigenvalue weighted by Crippen LogP contribution is 2.25. The number of benzene rings is 3. The van der Waals surface area contributed by atoms with Crippen molar-refractivity contribution < 1.29 is 14.3 Å². The van der Waals surface area contributed by atoms with Gasteiger partial charge in [0.05, 0.1) is 0 Å². The molecule has 3 aromatic rings. The first-order valence-electron chi connectivity index (χ1n) is 11.7. The quantitative estimate of drug-likeness (QED) is 0.532. The second kappa shape index (κ2) is 10.3. The number of aryl methyl sites for hydroxylation is 1. The maximum atomic E-state index is 13.0. The lowest BCUT2D eigenvalue weighted by Gasteiger charge is -2.20. The number of rotatable bonds is 7. The van der Waals surface area contributed by atoms with Crippen molar-refractivity contribution in [1.29, 1.82) is 0 Å². The standard InChI is InChI=1S/C28H30N4O2/c1-4-31(5-2)24-16-14-21(15-17-24)19-32-26(22-11-7-6-8-12-22)25(28(34)30-32)29-27(33)23-13-9-10-20(3)18-23/h6-19,25-26H,4-5H2,1-3H3,(H-,29,30,33,34)/p+1/t25-,26-/m0/s1. The van der Waals surface area contributed by atoms with Gasteiger partial charge < -0.3 is 10.2 Å². The van der Waals surface area contributed by atoms with Gasteiger partial charge in [-0.1, -0.05) is 48.0 Å². The van der Waals surface area contributed by atoms with Crippen LogP contribution in [-0.2, 0) is 4.79 Å². The molecule has 1 heterocycles. The van der Waals surface area contributed by atoms with Crippen LogP contribution in [0.25, 0.3) is 0 Å². The highest BCUT2D eigenvalue weighted by molar-refractivity contribution is 5.98. The van der Waals surface area contributed by atoms with E-state index in [4.69, 9.17) is 0 Å². The Morgan fingerprint density at radius 2 is 1.71 bits per heavy atom. The second-order valence-corrected chi connectivity index (χ2v) is 8.45. The smallest absolute Gasteiger partial charge is 0.304 e. The van der Waals surface area contributed by atoms with Gasteiger partial charge in [-0.05, 0) is 57.2 Å². The Kier molecular flexibility index (Phi) is 7.07. The van der Waals surface area contributed by atoms with Crippen molar-refractivity contribution in [2.24, 2.45) is 0 Å². The van der Waals surface area contributed by atoms with E-state index in [0.29, 0.717) is 5.56 Å². The van der Waals surface area contributed by atoms with Crippen LogP contribution in [0.5, 0.6) is 0 Å². The summed E-state index contributed by atoms with van der Waals surface area (Å²) in [5, 5.41) is 2.96. The molecule has 174 valence electrons. The molecule has 2 atom stereocenters. The molecule has 34 heavy (non-hydrogen) atoms. The fourth-order valence-corrected chi connectivity index (χ4v) is 4.36. The normalized spacial score (nSPS) is 18.6. The van der Waals surface area contributed by atoms with Gasteiger partial charge in [0, 0.05) is 35.5 Å². The molecule has 1 saturated heterocycles. The number of carbonyl (C=O) groups excluding carboxylic acids is 2. The average molecular weight is 456 g/mol. The van der Waals surface area contributed by atoms with Crippen LogP contribution in [0, 0.1) is 6.92 Å². The summed E-state index contributed by atoms with van der Waals surface area (Å²) in [5.41, 5.74) is 7.53. The predicted molar refractivity (Wildman–Crippen MR) is 135 cm³/mol. The van der Waals surface area contributed by atoms with E-state index in [9.17, 15) is 9.59 Å². The minimum atomic E-state index is -0.735. The first kappa shape index (κ1) is 23.2. The lowest BCUT2D eigenvalue weighted by atomic mass is 9.99. The summed E-state index contributed by atoms with van der Waals surface area (Å²) in [7, 11) is 0. The molecule has 6 nitrogen and oxygen atoms in total. The maximum absolute atomic E-state index is 13.0. The van der Waals surface area contributed by atoms with Crippen molar-refractivity contribution >= 4 is 23.7 Å². The van der Waals surface area contributed by atoms with Crippen LogP contribution in [0.3, 0.4) is 0 Å². The summed E-state index contributed by atoms with van der Waals surface area (Å²) in [4.78, 5) is 28.3. The van der Waals surface area contributed by atoms with Crippen molar-refractivity contribution in [2.45, 2.75) is 32.9 Å². The molecule has 1 fully saturated rings. The van der Waals surface area contributed by atoms with E-state index in [1.807, 2.05) is 73.8 Å². The molecule has 0 saturated carbocycles. The van der Waals surface area contributed by atoms with Crippen LogP contribution >= 0.6 is 0 Å². The van der Waals surface area contributed by atoms with Crippen molar-refractivity contribution in [3.63, 3.8) is 0 Å². The van der Waals surface area contributed by atoms with Crippen molar-refractivity contribution in [2.75, 3.05) is 18.0 Å². The largest absolute Gasteiger partial charge is 0.372 e. The fourth-order valence-electron chi connectivity index (χ4n) is 4.36. The van der Waals surface area contributed by atoms with Crippen molar-refractivity contribution in [3.8, 4) is 0 Å². The van der Waals surface area contributed by atoms with Gasteiger partial charge in [-0.15, -0.1) is 10.1 Å². The van der Waals surface area contributed by atoms with Crippen LogP contribution in [0.15, 0.2) is 78.9 Å². The molecule has 3 aromatic carbocycles. The number of carbonyl (C=O) groups is 2. The highest BCUT2D eigenvalue weighted by atomic mass is 16.2. The third kappa shape index (κ3) is 5.01. The number of hydrogen-bond acceptors (Lipinski definition) is 3. The summed E-state index contributed by atoms with van der Waals surface area (Å²) < 4.78 is 1.80. The summed E-state index contributed by atoms with van der Waals surface area (Å²) in [5.74, 6) is -0.513. The summed E-state index contributed by atoms with van der Waals surface area (Å²) in [6.07, 6.45) is 1.92. The van der Waals surface area contributed by atoms with Crippen molar-refractivity contribution in [3.05, 3.63) is 101 Å². The Morgan fingerprint density at radius 3 is 2.35 bits per heavy atom. The molecule has 0 aliphatic carbocycles. The second-order valence-electron chi connectivity index (χ2n) is 8.45. The minimum absolute atomic E-state index is 0.245. The van der Waals surface area contributed by atoms with Gasteiger partial charge in [0.1, 0.15) is 0 Å². The Morgan fingerprint density at radius 1 is 1.00 bits per heavy atom. The molecule has 2 amide bonds. The molecule has 6 heteroatoms. The predicted octanol–water partition coefficient (Wildman–Crippen LogP) is 3.86. The number of nitrogens with one attached hydrogen (secondary N) is 2. The van der Waals surface area contributed by atoms with Crippen LogP contribution in [0.1, 0.15) is 46.9 Å². The summed E-state index contributed by atoms with van der Waals surface area (Å²) in [6.45, 7) is 8.10. The Hall–Kier alpha value is -3.93. The number of nitrogens with zero attached hydrogens (tertiary/aromatic N) is 2. The molecule has 0 aromatic heterocycles. The molecule has 4 rings (SSSR count). The monoisotopic (exact) mass is 455 g/mol. The average Bonchev–Trinajstić information content (AvgIpc) is 3.15. The molecule has 1 aliphatic heterocycles. The van der Waals surface area contributed by atoms with E-state index in [1.54, 1.807) is 10.8 Å². The summed E-state index contributed by atoms with van der Waals surface area (Å²) in [6, 6.07) is 24.3. The lowest BCUT2D eigenvalue weighted by Crippen LogP contribution is -2.42. The SMILES string of the molecule is CCN(CC)c1ccc(/C=[N+]2\NC(=O)[C@@H](NC(=O)c3cccc(C)c3)[C@@H]2c2ccccc2)cc1. The zero-order valence-corrected chi connectivity index (χ0v) is 19.9. The number of anilines is 1. The lowest BCUT2D eigenvalue weighted by molar-refractivity contribution is -0.596. The molecular weight excluding hydrogens is 424 g/mol. The van der Waals surface area contributed by atoms with Gasteiger partial charge in [0.25, 0.3) is 5.91 Å². The van der Waals surface area contributed by atoms with Crippen LogP contribution < -0.4 is 15.6 Å². The van der Waals surface area contributed by atoms with E-state index in [-0.39, 0.29) is 17.9 Å². The van der Waals surface area contributed by atoms with E-state index in [0.717, 1.165) is 35.5 Å². The Bertz CT molecular complexity index is 1180. The van der Waals surface area contributed by atoms with Crippen LogP contribution in [0.2, 0.25) is 0 Å². The first-order valence-corrected chi connectivity index (χ1v) is 11.7. The molecule has 0 spiro atoms. The maximum Gasteiger partial charge on any atom is 0.304 e. The third-order valence-corrected chi connectivity index (χ3v) is 6.15. The molecule has 0 bridgehead atoms. The van der Waals surface area contributed by atoms with Gasteiger partial charge in [-0.25, -0.2) is 0 Å². The van der Waals surface area contributed by atoms with E-state index in [1.165, 1.54) is 0 Å². The number of hydrazine groups is 1. The Labute approximate surface area is 200 Å². The van der Waals surface area contributed by atoms with Gasteiger partial charge in [0.15, 0.2) is 6.04 Å². The zero-order valence-electron chi connectivity index (χ0n) is 19.9. The van der Waals surface area contributed by atoms with Gasteiger partial charge in [-0.3, -0.25) is 9.59 Å². The van der Waals surface area contributed by atoms with Crippen LogP contribution in [-0.4, -0.2) is 41.8 Å². The number of hydrazone groups is 1. The topological polar surface area (TPSA) is 64.5 Å². The number of hydrogen-bond donors (Lipinski definition) is 2.